The minimum Gasteiger partial charge on any atom is -0.298 e. The first kappa shape index (κ1) is 16.9. The number of benzene rings is 2. The third-order valence-electron chi connectivity index (χ3n) is 4.59. The van der Waals surface area contributed by atoms with Crippen LogP contribution < -0.4 is 0 Å². The summed E-state index contributed by atoms with van der Waals surface area (Å²) in [6.45, 7) is 0.624. The fourth-order valence-corrected chi connectivity index (χ4v) is 4.09. The summed E-state index contributed by atoms with van der Waals surface area (Å²) in [5.74, 6) is 0.546. The van der Waals surface area contributed by atoms with Gasteiger partial charge in [-0.3, -0.25) is 9.55 Å². The van der Waals surface area contributed by atoms with Gasteiger partial charge < -0.3 is 0 Å². The molecule has 2 aromatic carbocycles. The van der Waals surface area contributed by atoms with Crippen LogP contribution in [0.3, 0.4) is 0 Å². The molecule has 0 radical (unpaired) electrons. The van der Waals surface area contributed by atoms with Crippen molar-refractivity contribution in [1.29, 1.82) is 0 Å². The van der Waals surface area contributed by atoms with E-state index in [1.165, 1.54) is 6.07 Å². The van der Waals surface area contributed by atoms with Crippen molar-refractivity contribution >= 4 is 34.3 Å². The standard InChI is InChI=1S/C22H15FN4S/c23-18-5-1-3-16(13-18)15-6-9-21-25-26-22(27(21)12-10-15)28-19-7-8-20-17(14-19)4-2-11-24-20/h1-11,13-14H,12H2. The van der Waals surface area contributed by atoms with E-state index in [9.17, 15) is 4.39 Å². The van der Waals surface area contributed by atoms with Crippen molar-refractivity contribution in [2.24, 2.45) is 0 Å². The maximum atomic E-state index is 13.6. The van der Waals surface area contributed by atoms with Crippen LogP contribution in [0.2, 0.25) is 0 Å². The molecule has 6 heteroatoms. The van der Waals surface area contributed by atoms with Crippen molar-refractivity contribution in [2.45, 2.75) is 16.6 Å². The number of pyridine rings is 1. The van der Waals surface area contributed by atoms with Crippen molar-refractivity contribution < 1.29 is 4.39 Å². The zero-order chi connectivity index (χ0) is 18.9. The van der Waals surface area contributed by atoms with Crippen LogP contribution in [0.5, 0.6) is 0 Å². The van der Waals surface area contributed by atoms with Gasteiger partial charge in [0.2, 0.25) is 0 Å². The zero-order valence-corrected chi connectivity index (χ0v) is 15.6. The van der Waals surface area contributed by atoms with Crippen molar-refractivity contribution in [2.75, 3.05) is 0 Å². The molecule has 5 rings (SSSR count). The monoisotopic (exact) mass is 386 g/mol. The molecule has 136 valence electrons. The summed E-state index contributed by atoms with van der Waals surface area (Å²) in [4.78, 5) is 5.44. The molecule has 1 aliphatic heterocycles. The summed E-state index contributed by atoms with van der Waals surface area (Å²) in [6, 6.07) is 16.8. The second kappa shape index (κ2) is 7.05. The van der Waals surface area contributed by atoms with E-state index in [1.807, 2.05) is 42.5 Å². The van der Waals surface area contributed by atoms with Crippen LogP contribution in [0.25, 0.3) is 22.6 Å². The Morgan fingerprint density at radius 1 is 0.964 bits per heavy atom. The van der Waals surface area contributed by atoms with Crippen LogP contribution >= 0.6 is 11.8 Å². The Bertz CT molecular complexity index is 1240. The Labute approximate surface area is 165 Å². The van der Waals surface area contributed by atoms with E-state index in [-0.39, 0.29) is 5.82 Å². The number of aromatic nitrogens is 4. The van der Waals surface area contributed by atoms with E-state index < -0.39 is 0 Å². The molecule has 28 heavy (non-hydrogen) atoms. The summed E-state index contributed by atoms with van der Waals surface area (Å²) in [6.07, 6.45) is 7.74. The summed E-state index contributed by atoms with van der Waals surface area (Å²) < 4.78 is 15.6. The number of halogens is 1. The topological polar surface area (TPSA) is 43.6 Å². The van der Waals surface area contributed by atoms with Gasteiger partial charge in [-0.2, -0.15) is 0 Å². The van der Waals surface area contributed by atoms with E-state index in [4.69, 9.17) is 0 Å². The van der Waals surface area contributed by atoms with Crippen LogP contribution in [0, 0.1) is 5.82 Å². The number of rotatable bonds is 3. The highest BCUT2D eigenvalue weighted by Crippen LogP contribution is 2.30. The first-order valence-electron chi connectivity index (χ1n) is 8.86. The van der Waals surface area contributed by atoms with Gasteiger partial charge in [0, 0.05) is 23.0 Å². The van der Waals surface area contributed by atoms with Crippen LogP contribution in [-0.4, -0.2) is 19.7 Å². The Morgan fingerprint density at radius 2 is 1.93 bits per heavy atom. The van der Waals surface area contributed by atoms with Crippen LogP contribution in [0.15, 0.2) is 83.0 Å². The Morgan fingerprint density at radius 3 is 2.86 bits per heavy atom. The Hall–Kier alpha value is -3.25. The van der Waals surface area contributed by atoms with Gasteiger partial charge in [0.15, 0.2) is 11.0 Å². The lowest BCUT2D eigenvalue weighted by Gasteiger charge is -2.06. The van der Waals surface area contributed by atoms with Crippen molar-refractivity contribution in [3.63, 3.8) is 0 Å². The largest absolute Gasteiger partial charge is 0.298 e. The third-order valence-corrected chi connectivity index (χ3v) is 5.57. The molecule has 2 aromatic heterocycles. The lowest BCUT2D eigenvalue weighted by Crippen LogP contribution is -1.99. The van der Waals surface area contributed by atoms with Gasteiger partial charge in [0.25, 0.3) is 0 Å². The smallest absolute Gasteiger partial charge is 0.196 e. The molecule has 0 unspecified atom stereocenters. The molecule has 0 aliphatic carbocycles. The molecule has 0 saturated heterocycles. The first-order valence-corrected chi connectivity index (χ1v) is 9.68. The maximum absolute atomic E-state index is 13.6. The van der Waals surface area contributed by atoms with E-state index in [2.05, 4.69) is 31.9 Å². The lowest BCUT2D eigenvalue weighted by atomic mass is 10.1. The lowest BCUT2D eigenvalue weighted by molar-refractivity contribution is 0.627. The van der Waals surface area contributed by atoms with Crippen molar-refractivity contribution in [3.05, 3.63) is 90.2 Å². The van der Waals surface area contributed by atoms with E-state index in [0.29, 0.717) is 6.54 Å². The second-order valence-electron chi connectivity index (χ2n) is 6.41. The van der Waals surface area contributed by atoms with Crippen LogP contribution in [-0.2, 0) is 6.54 Å². The van der Waals surface area contributed by atoms with Crippen molar-refractivity contribution in [3.8, 4) is 0 Å². The molecule has 4 nitrogen and oxygen atoms in total. The number of hydrogen-bond acceptors (Lipinski definition) is 4. The fraction of sp³-hybridized carbons (Fsp3) is 0.0455. The van der Waals surface area contributed by atoms with Gasteiger partial charge in [-0.1, -0.05) is 30.4 Å². The predicted octanol–water partition coefficient (Wildman–Crippen LogP) is 5.23. The third kappa shape index (κ3) is 3.23. The second-order valence-corrected chi connectivity index (χ2v) is 7.46. The minimum absolute atomic E-state index is 0.238. The highest BCUT2D eigenvalue weighted by molar-refractivity contribution is 7.99. The summed E-state index contributed by atoms with van der Waals surface area (Å²) in [5.41, 5.74) is 2.79. The van der Waals surface area contributed by atoms with Crippen LogP contribution in [0.4, 0.5) is 4.39 Å². The summed E-state index contributed by atoms with van der Waals surface area (Å²) in [5, 5.41) is 10.6. The van der Waals surface area contributed by atoms with E-state index in [0.717, 1.165) is 37.9 Å². The average molecular weight is 386 g/mol. The van der Waals surface area contributed by atoms with Gasteiger partial charge in [-0.25, -0.2) is 4.39 Å². The van der Waals surface area contributed by atoms with Crippen molar-refractivity contribution in [1.82, 2.24) is 19.7 Å². The Balaban J connectivity index is 1.44. The highest BCUT2D eigenvalue weighted by atomic mass is 32.2. The predicted molar refractivity (Wildman–Crippen MR) is 109 cm³/mol. The number of fused-ring (bicyclic) bond motifs is 2. The maximum Gasteiger partial charge on any atom is 0.196 e. The molecule has 4 aromatic rings. The van der Waals surface area contributed by atoms with Gasteiger partial charge >= 0.3 is 0 Å². The summed E-state index contributed by atoms with van der Waals surface area (Å²) >= 11 is 1.57. The van der Waals surface area contributed by atoms with E-state index in [1.54, 1.807) is 30.1 Å². The summed E-state index contributed by atoms with van der Waals surface area (Å²) in [7, 11) is 0. The fourth-order valence-electron chi connectivity index (χ4n) is 3.20. The van der Waals surface area contributed by atoms with Gasteiger partial charge in [0.1, 0.15) is 5.82 Å². The molecule has 0 atom stereocenters. The molecule has 0 spiro atoms. The van der Waals surface area contributed by atoms with E-state index >= 15 is 0 Å². The molecule has 0 saturated carbocycles. The van der Waals surface area contributed by atoms with Gasteiger partial charge in [0.05, 0.1) is 5.52 Å². The number of hydrogen-bond donors (Lipinski definition) is 0. The molecule has 1 aliphatic rings. The Kier molecular flexibility index (Phi) is 4.25. The quantitative estimate of drug-likeness (QED) is 0.484. The number of allylic oxidation sites excluding steroid dienone is 3. The molecular formula is C22H15FN4S. The number of nitrogens with zero attached hydrogens (tertiary/aromatic N) is 4. The van der Waals surface area contributed by atoms with Gasteiger partial charge in [-0.15, -0.1) is 10.2 Å². The molecule has 0 fully saturated rings. The zero-order valence-electron chi connectivity index (χ0n) is 14.8. The minimum atomic E-state index is -0.238. The normalized spacial score (nSPS) is 13.2. The highest BCUT2D eigenvalue weighted by Gasteiger charge is 2.14. The average Bonchev–Trinajstić information content (AvgIpc) is 2.96. The molecule has 0 N–H and O–H groups in total. The molecule has 3 heterocycles. The molecular weight excluding hydrogens is 371 g/mol. The van der Waals surface area contributed by atoms with Crippen LogP contribution in [0.1, 0.15) is 11.4 Å². The SMILES string of the molecule is Fc1cccc(C2=CCn3c(nnc3Sc3ccc4ncccc4c3)C=C2)c1. The molecule has 0 amide bonds. The molecule has 0 bridgehead atoms. The first-order chi connectivity index (χ1) is 13.8. The van der Waals surface area contributed by atoms with Gasteiger partial charge in [-0.05, 0) is 65.4 Å².